The first-order valence-corrected chi connectivity index (χ1v) is 6.33. The molecule has 0 atom stereocenters. The smallest absolute Gasteiger partial charge is 0.265 e. The molecule has 1 amide bonds. The zero-order chi connectivity index (χ0) is 13.2. The Morgan fingerprint density at radius 1 is 1.44 bits per heavy atom. The van der Waals surface area contributed by atoms with Crippen LogP contribution in [0.4, 0.5) is 0 Å². The minimum Gasteiger partial charge on any atom is -0.299 e. The zero-order valence-electron chi connectivity index (χ0n) is 11.1. The van der Waals surface area contributed by atoms with Gasteiger partial charge in [0.1, 0.15) is 0 Å². The quantitative estimate of drug-likeness (QED) is 0.484. The van der Waals surface area contributed by atoms with E-state index in [2.05, 4.69) is 24.2 Å². The average molecular weight is 247 g/mol. The Morgan fingerprint density at radius 2 is 2.17 bits per heavy atom. The van der Waals surface area contributed by atoms with E-state index in [1.807, 2.05) is 24.3 Å². The third kappa shape index (κ3) is 2.89. The van der Waals surface area contributed by atoms with E-state index in [1.165, 1.54) is 6.42 Å². The van der Waals surface area contributed by atoms with E-state index in [0.29, 0.717) is 11.0 Å². The van der Waals surface area contributed by atoms with Crippen molar-refractivity contribution >= 4 is 5.91 Å². The number of nitrogens with two attached hydrogens (primary N) is 1. The molecule has 98 valence electrons. The fourth-order valence-corrected chi connectivity index (χ4v) is 2.56. The standard InChI is InChI=1S/C14H21N3O/c1-14(2)7-8-17(10-14)9-11-5-3-4-6-12(11)13(18)16-15/h3-6H,7-10,15H2,1-2H3,(H,16,18). The first-order valence-electron chi connectivity index (χ1n) is 6.33. The van der Waals surface area contributed by atoms with Crippen LogP contribution in [0.2, 0.25) is 0 Å². The number of nitrogens with zero attached hydrogens (tertiary/aromatic N) is 1. The molecule has 1 fully saturated rings. The third-order valence-corrected chi connectivity index (χ3v) is 3.54. The Balaban J connectivity index is 2.12. The molecule has 1 aromatic rings. The van der Waals surface area contributed by atoms with Gasteiger partial charge < -0.3 is 0 Å². The van der Waals surface area contributed by atoms with E-state index in [0.717, 1.165) is 25.2 Å². The van der Waals surface area contributed by atoms with E-state index in [4.69, 9.17) is 5.84 Å². The summed E-state index contributed by atoms with van der Waals surface area (Å²) in [6.07, 6.45) is 1.21. The van der Waals surface area contributed by atoms with Crippen LogP contribution in [0.3, 0.4) is 0 Å². The fraction of sp³-hybridized carbons (Fsp3) is 0.500. The lowest BCUT2D eigenvalue weighted by molar-refractivity contribution is 0.0951. The van der Waals surface area contributed by atoms with Crippen molar-refractivity contribution in [2.45, 2.75) is 26.8 Å². The fourth-order valence-electron chi connectivity index (χ4n) is 2.56. The second kappa shape index (κ2) is 5.08. The van der Waals surface area contributed by atoms with Crippen molar-refractivity contribution in [3.8, 4) is 0 Å². The van der Waals surface area contributed by atoms with Gasteiger partial charge in [0.2, 0.25) is 0 Å². The number of nitrogens with one attached hydrogen (secondary N) is 1. The van der Waals surface area contributed by atoms with Crippen LogP contribution in [0, 0.1) is 5.41 Å². The highest BCUT2D eigenvalue weighted by atomic mass is 16.2. The highest BCUT2D eigenvalue weighted by Gasteiger charge is 2.29. The lowest BCUT2D eigenvalue weighted by Crippen LogP contribution is -2.32. The molecule has 1 heterocycles. The third-order valence-electron chi connectivity index (χ3n) is 3.54. The van der Waals surface area contributed by atoms with Gasteiger partial charge in [-0.3, -0.25) is 15.1 Å². The van der Waals surface area contributed by atoms with Crippen LogP contribution >= 0.6 is 0 Å². The number of nitrogen functional groups attached to an aromatic ring is 1. The first-order chi connectivity index (χ1) is 8.52. The lowest BCUT2D eigenvalue weighted by Gasteiger charge is -2.20. The van der Waals surface area contributed by atoms with Crippen molar-refractivity contribution in [3.05, 3.63) is 35.4 Å². The van der Waals surface area contributed by atoms with Gasteiger partial charge in [-0.05, 0) is 30.0 Å². The highest BCUT2D eigenvalue weighted by molar-refractivity contribution is 5.95. The molecule has 2 rings (SSSR count). The molecule has 0 radical (unpaired) electrons. The maximum Gasteiger partial charge on any atom is 0.265 e. The molecule has 4 nitrogen and oxygen atoms in total. The molecule has 18 heavy (non-hydrogen) atoms. The van der Waals surface area contributed by atoms with Crippen LogP contribution in [0.5, 0.6) is 0 Å². The van der Waals surface area contributed by atoms with Crippen molar-refractivity contribution in [1.82, 2.24) is 10.3 Å². The molecular formula is C14H21N3O. The van der Waals surface area contributed by atoms with Crippen LogP contribution in [-0.4, -0.2) is 23.9 Å². The van der Waals surface area contributed by atoms with Crippen molar-refractivity contribution in [2.24, 2.45) is 11.3 Å². The van der Waals surface area contributed by atoms with E-state index in [-0.39, 0.29) is 5.91 Å². The van der Waals surface area contributed by atoms with Gasteiger partial charge in [-0.2, -0.15) is 0 Å². The monoisotopic (exact) mass is 247 g/mol. The number of benzene rings is 1. The molecule has 0 spiro atoms. The molecule has 3 N–H and O–H groups in total. The Morgan fingerprint density at radius 3 is 2.78 bits per heavy atom. The molecule has 1 aromatic carbocycles. The van der Waals surface area contributed by atoms with E-state index >= 15 is 0 Å². The molecule has 0 unspecified atom stereocenters. The summed E-state index contributed by atoms with van der Waals surface area (Å²) in [5, 5.41) is 0. The summed E-state index contributed by atoms with van der Waals surface area (Å²) < 4.78 is 0. The summed E-state index contributed by atoms with van der Waals surface area (Å²) in [5.41, 5.74) is 4.30. The maximum absolute atomic E-state index is 11.7. The van der Waals surface area contributed by atoms with Crippen LogP contribution in [0.1, 0.15) is 36.2 Å². The molecule has 0 bridgehead atoms. The predicted molar refractivity (Wildman–Crippen MR) is 71.8 cm³/mol. The average Bonchev–Trinajstić information content (AvgIpc) is 2.68. The zero-order valence-corrected chi connectivity index (χ0v) is 11.1. The minimum atomic E-state index is -0.218. The minimum absolute atomic E-state index is 0.218. The number of hydrazine groups is 1. The number of rotatable bonds is 3. The molecule has 0 saturated carbocycles. The topological polar surface area (TPSA) is 58.4 Å². The van der Waals surface area contributed by atoms with Gasteiger partial charge in [0, 0.05) is 18.7 Å². The largest absolute Gasteiger partial charge is 0.299 e. The molecule has 1 aliphatic heterocycles. The number of amides is 1. The Labute approximate surface area is 108 Å². The van der Waals surface area contributed by atoms with Crippen molar-refractivity contribution in [3.63, 3.8) is 0 Å². The molecule has 0 aliphatic carbocycles. The van der Waals surface area contributed by atoms with Gasteiger partial charge in [-0.1, -0.05) is 32.0 Å². The number of hydrogen-bond acceptors (Lipinski definition) is 3. The van der Waals surface area contributed by atoms with Gasteiger partial charge in [0.25, 0.3) is 5.91 Å². The van der Waals surface area contributed by atoms with Crippen LogP contribution in [-0.2, 0) is 6.54 Å². The Hall–Kier alpha value is -1.39. The molecule has 4 heteroatoms. The number of hydrogen-bond donors (Lipinski definition) is 2. The van der Waals surface area contributed by atoms with Crippen molar-refractivity contribution in [1.29, 1.82) is 0 Å². The number of likely N-dealkylation sites (tertiary alicyclic amines) is 1. The SMILES string of the molecule is CC1(C)CCN(Cc2ccccc2C(=O)NN)C1. The summed E-state index contributed by atoms with van der Waals surface area (Å²) in [7, 11) is 0. The maximum atomic E-state index is 11.7. The second-order valence-corrected chi connectivity index (χ2v) is 5.76. The van der Waals surface area contributed by atoms with Crippen LogP contribution in [0.15, 0.2) is 24.3 Å². The van der Waals surface area contributed by atoms with E-state index in [9.17, 15) is 4.79 Å². The molecule has 0 aromatic heterocycles. The number of carbonyl (C=O) groups is 1. The molecule has 1 saturated heterocycles. The summed E-state index contributed by atoms with van der Waals surface area (Å²) in [4.78, 5) is 14.1. The predicted octanol–water partition coefficient (Wildman–Crippen LogP) is 1.52. The van der Waals surface area contributed by atoms with Crippen molar-refractivity contribution in [2.75, 3.05) is 13.1 Å². The summed E-state index contributed by atoms with van der Waals surface area (Å²) in [6, 6.07) is 7.64. The summed E-state index contributed by atoms with van der Waals surface area (Å²) >= 11 is 0. The van der Waals surface area contributed by atoms with Crippen LogP contribution < -0.4 is 11.3 Å². The molecule has 1 aliphatic rings. The lowest BCUT2D eigenvalue weighted by atomic mass is 9.93. The van der Waals surface area contributed by atoms with Gasteiger partial charge >= 0.3 is 0 Å². The summed E-state index contributed by atoms with van der Waals surface area (Å²) in [6.45, 7) is 7.54. The van der Waals surface area contributed by atoms with Crippen LogP contribution in [0.25, 0.3) is 0 Å². The van der Waals surface area contributed by atoms with Gasteiger partial charge in [0.15, 0.2) is 0 Å². The normalized spacial score (nSPS) is 18.8. The van der Waals surface area contributed by atoms with Crippen molar-refractivity contribution < 1.29 is 4.79 Å². The molecular weight excluding hydrogens is 226 g/mol. The van der Waals surface area contributed by atoms with E-state index in [1.54, 1.807) is 0 Å². The van der Waals surface area contributed by atoms with Gasteiger partial charge in [-0.25, -0.2) is 5.84 Å². The van der Waals surface area contributed by atoms with Gasteiger partial charge in [0.05, 0.1) is 0 Å². The summed E-state index contributed by atoms with van der Waals surface area (Å²) in [5.74, 6) is 4.99. The van der Waals surface area contributed by atoms with Gasteiger partial charge in [-0.15, -0.1) is 0 Å². The Kier molecular flexibility index (Phi) is 3.68. The first kappa shape index (κ1) is 13.1. The Bertz CT molecular complexity index is 442. The second-order valence-electron chi connectivity index (χ2n) is 5.76. The number of carbonyl (C=O) groups excluding carboxylic acids is 1. The highest BCUT2D eigenvalue weighted by Crippen LogP contribution is 2.30. The van der Waals surface area contributed by atoms with E-state index < -0.39 is 0 Å².